The van der Waals surface area contributed by atoms with Crippen LogP contribution in [0.5, 0.6) is 0 Å². The summed E-state index contributed by atoms with van der Waals surface area (Å²) in [7, 11) is 0. The SMILES string of the molecule is Cc1c(C(N)=O)nc2n1C1CC(C1)c1ccc(Br)cc1-2. The molecule has 5 rings (SSSR count). The molecule has 2 bridgehead atoms. The number of hydrogen-bond donors (Lipinski definition) is 1. The van der Waals surface area contributed by atoms with Crippen LogP contribution in [0.25, 0.3) is 11.4 Å². The van der Waals surface area contributed by atoms with Crippen molar-refractivity contribution in [1.29, 1.82) is 0 Å². The van der Waals surface area contributed by atoms with Crippen molar-refractivity contribution in [2.45, 2.75) is 31.7 Å². The number of benzene rings is 1. The molecule has 2 aliphatic heterocycles. The van der Waals surface area contributed by atoms with Gasteiger partial charge in [0.15, 0.2) is 0 Å². The quantitative estimate of drug-likeness (QED) is 0.872. The highest BCUT2D eigenvalue weighted by atomic mass is 79.9. The molecule has 2 N–H and O–H groups in total. The fourth-order valence-corrected chi connectivity index (χ4v) is 3.88. The molecule has 1 saturated carbocycles. The molecule has 5 heteroatoms. The third-order valence-electron chi connectivity index (χ3n) is 4.56. The zero-order valence-corrected chi connectivity index (χ0v) is 12.6. The second-order valence-corrected chi connectivity index (χ2v) is 6.57. The summed E-state index contributed by atoms with van der Waals surface area (Å²) >= 11 is 3.53. The summed E-state index contributed by atoms with van der Waals surface area (Å²) in [4.78, 5) is 16.1. The van der Waals surface area contributed by atoms with Crippen molar-refractivity contribution in [2.24, 2.45) is 5.73 Å². The zero-order chi connectivity index (χ0) is 14.0. The van der Waals surface area contributed by atoms with Crippen molar-refractivity contribution in [3.8, 4) is 11.4 Å². The molecule has 1 fully saturated rings. The Morgan fingerprint density at radius 2 is 2.20 bits per heavy atom. The van der Waals surface area contributed by atoms with E-state index in [-0.39, 0.29) is 0 Å². The summed E-state index contributed by atoms with van der Waals surface area (Å²) in [5.41, 5.74) is 9.20. The number of rotatable bonds is 1. The Bertz CT molecular complexity index is 744. The maximum absolute atomic E-state index is 11.6. The number of primary amides is 1. The van der Waals surface area contributed by atoms with Gasteiger partial charge in [0, 0.05) is 21.8 Å². The van der Waals surface area contributed by atoms with Crippen LogP contribution in [0.15, 0.2) is 22.7 Å². The minimum atomic E-state index is -0.449. The molecule has 0 unspecified atom stereocenters. The largest absolute Gasteiger partial charge is 0.364 e. The predicted octanol–water partition coefficient (Wildman–Crippen LogP) is 3.15. The van der Waals surface area contributed by atoms with Crippen LogP contribution in [0.3, 0.4) is 0 Å². The van der Waals surface area contributed by atoms with Gasteiger partial charge in [0.25, 0.3) is 5.91 Å². The van der Waals surface area contributed by atoms with E-state index in [9.17, 15) is 4.79 Å². The van der Waals surface area contributed by atoms with E-state index < -0.39 is 5.91 Å². The Morgan fingerprint density at radius 1 is 1.45 bits per heavy atom. The number of nitrogens with zero attached hydrogens (tertiary/aromatic N) is 2. The molecule has 1 amide bonds. The van der Waals surface area contributed by atoms with Gasteiger partial charge in [0.05, 0.1) is 0 Å². The predicted molar refractivity (Wildman–Crippen MR) is 79.6 cm³/mol. The first-order chi connectivity index (χ1) is 9.56. The van der Waals surface area contributed by atoms with E-state index in [0.29, 0.717) is 17.7 Å². The van der Waals surface area contributed by atoms with E-state index in [1.807, 2.05) is 6.92 Å². The number of aromatic nitrogens is 2. The molecule has 1 aromatic carbocycles. The first kappa shape index (κ1) is 12.1. The smallest absolute Gasteiger partial charge is 0.269 e. The second kappa shape index (κ2) is 3.95. The number of imidazole rings is 1. The number of carbonyl (C=O) groups excluding carboxylic acids is 1. The fraction of sp³-hybridized carbons (Fsp3) is 0.333. The molecular weight excluding hydrogens is 318 g/mol. The molecule has 0 spiro atoms. The lowest BCUT2D eigenvalue weighted by atomic mass is 9.76. The van der Waals surface area contributed by atoms with Crippen LogP contribution < -0.4 is 5.73 Å². The Morgan fingerprint density at radius 3 is 2.90 bits per heavy atom. The molecule has 3 aliphatic rings. The van der Waals surface area contributed by atoms with Crippen LogP contribution in [0.1, 0.15) is 46.5 Å². The molecule has 2 aromatic rings. The second-order valence-electron chi connectivity index (χ2n) is 5.66. The lowest BCUT2D eigenvalue weighted by molar-refractivity contribution is 0.0995. The summed E-state index contributed by atoms with van der Waals surface area (Å²) < 4.78 is 3.23. The Hall–Kier alpha value is -1.62. The first-order valence-corrected chi connectivity index (χ1v) is 7.54. The van der Waals surface area contributed by atoms with Gasteiger partial charge in [-0.05, 0) is 43.4 Å². The lowest BCUT2D eigenvalue weighted by Gasteiger charge is -2.35. The number of hydrogen-bond acceptors (Lipinski definition) is 2. The van der Waals surface area contributed by atoms with Crippen LogP contribution >= 0.6 is 15.9 Å². The van der Waals surface area contributed by atoms with Gasteiger partial charge < -0.3 is 10.3 Å². The Labute approximate surface area is 125 Å². The Kier molecular flexibility index (Phi) is 2.40. The molecule has 0 atom stereocenters. The maximum atomic E-state index is 11.6. The third kappa shape index (κ3) is 1.47. The number of halogens is 1. The molecule has 3 heterocycles. The van der Waals surface area contributed by atoms with E-state index in [2.05, 4.69) is 43.7 Å². The summed E-state index contributed by atoms with van der Waals surface area (Å²) in [6, 6.07) is 6.79. The van der Waals surface area contributed by atoms with Crippen molar-refractivity contribution in [2.75, 3.05) is 0 Å². The minimum Gasteiger partial charge on any atom is -0.364 e. The van der Waals surface area contributed by atoms with Crippen LogP contribution in [0.4, 0.5) is 0 Å². The average molecular weight is 332 g/mol. The third-order valence-corrected chi connectivity index (χ3v) is 5.05. The number of carbonyl (C=O) groups is 1. The standard InChI is InChI=1S/C15H14BrN3O/c1-7-13(14(17)20)18-15-12-6-9(16)2-3-11(12)8-4-10(5-8)19(7)15/h2-3,6,8,10H,4-5H2,1H3,(H2,17,20). The first-order valence-electron chi connectivity index (χ1n) is 6.74. The van der Waals surface area contributed by atoms with Gasteiger partial charge in [-0.15, -0.1) is 0 Å². The molecule has 0 radical (unpaired) electrons. The number of nitrogens with two attached hydrogens (primary N) is 1. The van der Waals surface area contributed by atoms with Gasteiger partial charge in [-0.3, -0.25) is 4.79 Å². The topological polar surface area (TPSA) is 60.9 Å². The summed E-state index contributed by atoms with van der Waals surface area (Å²) in [5.74, 6) is 1.05. The molecule has 102 valence electrons. The summed E-state index contributed by atoms with van der Waals surface area (Å²) in [5, 5.41) is 0. The van der Waals surface area contributed by atoms with Crippen LogP contribution in [-0.2, 0) is 0 Å². The van der Waals surface area contributed by atoms with Gasteiger partial charge in [-0.25, -0.2) is 4.98 Å². The van der Waals surface area contributed by atoms with Gasteiger partial charge in [0.1, 0.15) is 11.5 Å². The van der Waals surface area contributed by atoms with Crippen molar-refractivity contribution < 1.29 is 4.79 Å². The van der Waals surface area contributed by atoms with Crippen molar-refractivity contribution in [3.63, 3.8) is 0 Å². The average Bonchev–Trinajstić information content (AvgIpc) is 2.55. The van der Waals surface area contributed by atoms with Crippen LogP contribution in [0.2, 0.25) is 0 Å². The molecule has 20 heavy (non-hydrogen) atoms. The molecule has 4 nitrogen and oxygen atoms in total. The van der Waals surface area contributed by atoms with Crippen LogP contribution in [-0.4, -0.2) is 15.5 Å². The highest BCUT2D eigenvalue weighted by Crippen LogP contribution is 2.52. The van der Waals surface area contributed by atoms with Gasteiger partial charge in [-0.1, -0.05) is 22.0 Å². The molecule has 0 saturated heterocycles. The summed E-state index contributed by atoms with van der Waals surface area (Å²) in [6.45, 7) is 1.94. The Balaban J connectivity index is 2.05. The summed E-state index contributed by atoms with van der Waals surface area (Å²) in [6.07, 6.45) is 2.24. The maximum Gasteiger partial charge on any atom is 0.269 e. The zero-order valence-electron chi connectivity index (χ0n) is 11.1. The fourth-order valence-electron chi connectivity index (χ4n) is 3.51. The van der Waals surface area contributed by atoms with E-state index in [0.717, 1.165) is 34.4 Å². The van der Waals surface area contributed by atoms with E-state index in [1.165, 1.54) is 5.56 Å². The molecule has 1 aliphatic carbocycles. The van der Waals surface area contributed by atoms with Crippen LogP contribution in [0, 0.1) is 6.92 Å². The normalized spacial score (nSPS) is 22.5. The van der Waals surface area contributed by atoms with E-state index >= 15 is 0 Å². The minimum absolute atomic E-state index is 0.399. The van der Waals surface area contributed by atoms with Crippen molar-refractivity contribution >= 4 is 21.8 Å². The highest BCUT2D eigenvalue weighted by Gasteiger charge is 2.40. The monoisotopic (exact) mass is 331 g/mol. The van der Waals surface area contributed by atoms with Gasteiger partial charge in [0.2, 0.25) is 0 Å². The highest BCUT2D eigenvalue weighted by molar-refractivity contribution is 9.10. The number of amides is 1. The van der Waals surface area contributed by atoms with Gasteiger partial charge in [-0.2, -0.15) is 0 Å². The molecule has 1 aromatic heterocycles. The molecular formula is C15H14BrN3O. The van der Waals surface area contributed by atoms with Crippen molar-refractivity contribution in [3.05, 3.63) is 39.6 Å². The van der Waals surface area contributed by atoms with E-state index in [1.54, 1.807) is 0 Å². The van der Waals surface area contributed by atoms with Crippen molar-refractivity contribution in [1.82, 2.24) is 9.55 Å². The van der Waals surface area contributed by atoms with Gasteiger partial charge >= 0.3 is 0 Å². The van der Waals surface area contributed by atoms with E-state index in [4.69, 9.17) is 5.73 Å². The lowest BCUT2D eigenvalue weighted by Crippen LogP contribution is -2.24.